The molecule has 0 spiro atoms. The lowest BCUT2D eigenvalue weighted by Crippen LogP contribution is -2.39. The molecule has 1 N–H and O–H groups in total. The number of amides is 1. The highest BCUT2D eigenvalue weighted by atomic mass is 19.4. The third-order valence-corrected chi connectivity index (χ3v) is 5.52. The van der Waals surface area contributed by atoms with Gasteiger partial charge >= 0.3 is 6.18 Å². The highest BCUT2D eigenvalue weighted by Gasteiger charge is 2.38. The van der Waals surface area contributed by atoms with E-state index in [4.69, 9.17) is 0 Å². The summed E-state index contributed by atoms with van der Waals surface area (Å²) in [5, 5.41) is 21.5. The number of aromatic nitrogens is 7. The second kappa shape index (κ2) is 8.15. The SMILES string of the molecule is O=C(Nc1ccccc1-n1ccnn1)C1CCN(c2ccc3nnc(C(F)(F)F)n3n2)CC1. The molecule has 33 heavy (non-hydrogen) atoms. The van der Waals surface area contributed by atoms with E-state index < -0.39 is 12.0 Å². The minimum absolute atomic E-state index is 0.0198. The van der Waals surface area contributed by atoms with Gasteiger partial charge in [0.15, 0.2) is 5.65 Å². The van der Waals surface area contributed by atoms with Gasteiger partial charge in [0.05, 0.1) is 23.8 Å². The van der Waals surface area contributed by atoms with Crippen molar-refractivity contribution in [2.75, 3.05) is 23.3 Å². The summed E-state index contributed by atoms with van der Waals surface area (Å²) in [5.74, 6) is -1.15. The first-order chi connectivity index (χ1) is 15.9. The average Bonchev–Trinajstić information content (AvgIpc) is 3.49. The van der Waals surface area contributed by atoms with Crippen molar-refractivity contribution in [3.8, 4) is 5.69 Å². The second-order valence-electron chi connectivity index (χ2n) is 7.60. The van der Waals surface area contributed by atoms with Gasteiger partial charge in [-0.05, 0) is 37.1 Å². The number of hydrogen-bond acceptors (Lipinski definition) is 7. The van der Waals surface area contributed by atoms with Gasteiger partial charge in [0.2, 0.25) is 5.91 Å². The van der Waals surface area contributed by atoms with Crippen LogP contribution in [0.25, 0.3) is 11.3 Å². The van der Waals surface area contributed by atoms with Crippen LogP contribution in [0, 0.1) is 5.92 Å². The van der Waals surface area contributed by atoms with Crippen molar-refractivity contribution in [1.29, 1.82) is 0 Å². The Balaban J connectivity index is 1.27. The summed E-state index contributed by atoms with van der Waals surface area (Å²) in [5.41, 5.74) is 1.34. The predicted octanol–water partition coefficient (Wildman–Crippen LogP) is 2.58. The maximum atomic E-state index is 13.1. The maximum Gasteiger partial charge on any atom is 0.453 e. The molecule has 0 unspecified atom stereocenters. The summed E-state index contributed by atoms with van der Waals surface area (Å²) in [6.45, 7) is 0.954. The van der Waals surface area contributed by atoms with Gasteiger partial charge in [0.25, 0.3) is 5.82 Å². The highest BCUT2D eigenvalue weighted by Crippen LogP contribution is 2.29. The van der Waals surface area contributed by atoms with Gasteiger partial charge in [-0.2, -0.15) is 17.7 Å². The van der Waals surface area contributed by atoms with Crippen molar-refractivity contribution in [3.63, 3.8) is 0 Å². The zero-order chi connectivity index (χ0) is 23.0. The molecule has 170 valence electrons. The molecule has 1 fully saturated rings. The largest absolute Gasteiger partial charge is 0.453 e. The molecule has 0 radical (unpaired) electrons. The summed E-state index contributed by atoms with van der Waals surface area (Å²) in [4.78, 5) is 14.7. The number of anilines is 2. The van der Waals surface area contributed by atoms with E-state index in [1.54, 1.807) is 29.2 Å². The fourth-order valence-corrected chi connectivity index (χ4v) is 3.85. The molecule has 0 aliphatic carbocycles. The number of piperidine rings is 1. The van der Waals surface area contributed by atoms with Gasteiger partial charge < -0.3 is 10.2 Å². The smallest absolute Gasteiger partial charge is 0.355 e. The van der Waals surface area contributed by atoms with Gasteiger partial charge in [-0.15, -0.1) is 20.4 Å². The zero-order valence-corrected chi connectivity index (χ0v) is 17.1. The molecule has 3 aromatic heterocycles. The fourth-order valence-electron chi connectivity index (χ4n) is 3.85. The number of alkyl halides is 3. The molecular weight excluding hydrogens is 439 g/mol. The van der Waals surface area contributed by atoms with E-state index in [1.807, 2.05) is 23.1 Å². The van der Waals surface area contributed by atoms with Crippen LogP contribution in [-0.2, 0) is 11.0 Å². The number of hydrogen-bond donors (Lipinski definition) is 1. The molecule has 1 saturated heterocycles. The Morgan fingerprint density at radius 1 is 1.06 bits per heavy atom. The Hall–Kier alpha value is -4.03. The molecule has 1 aliphatic rings. The molecule has 4 aromatic rings. The topological polar surface area (TPSA) is 106 Å². The number of para-hydroxylation sites is 2. The Morgan fingerprint density at radius 2 is 1.85 bits per heavy atom. The first-order valence-electron chi connectivity index (χ1n) is 10.2. The van der Waals surface area contributed by atoms with Gasteiger partial charge in [-0.25, -0.2) is 4.68 Å². The van der Waals surface area contributed by atoms with Crippen LogP contribution >= 0.6 is 0 Å². The molecule has 5 rings (SSSR count). The Labute approximate surface area is 185 Å². The molecule has 1 aromatic carbocycles. The molecule has 13 heteroatoms. The number of fused-ring (bicyclic) bond motifs is 1. The molecule has 1 amide bonds. The van der Waals surface area contributed by atoms with Crippen LogP contribution in [0.5, 0.6) is 0 Å². The van der Waals surface area contributed by atoms with Crippen LogP contribution in [0.4, 0.5) is 24.7 Å². The maximum absolute atomic E-state index is 13.1. The standard InChI is InChI=1S/C20H18F3N9O/c21-20(22,23)19-27-26-16-5-6-17(28-32(16)19)30-10-7-13(8-11-30)18(33)25-14-3-1-2-4-15(14)31-12-9-24-29-31/h1-6,9,12-13H,7-8,10-11H2,(H,25,33). The van der Waals surface area contributed by atoms with E-state index in [0.717, 1.165) is 0 Å². The Morgan fingerprint density at radius 3 is 2.58 bits per heavy atom. The summed E-state index contributed by atoms with van der Waals surface area (Å²) in [6.07, 6.45) is -0.347. The van der Waals surface area contributed by atoms with Crippen LogP contribution in [0.1, 0.15) is 18.7 Å². The van der Waals surface area contributed by atoms with Crippen molar-refractivity contribution < 1.29 is 18.0 Å². The number of nitrogens with one attached hydrogen (secondary N) is 1. The molecule has 0 bridgehead atoms. The third-order valence-electron chi connectivity index (χ3n) is 5.52. The normalized spacial score (nSPS) is 15.2. The van der Waals surface area contributed by atoms with Crippen molar-refractivity contribution in [2.45, 2.75) is 19.0 Å². The highest BCUT2D eigenvalue weighted by molar-refractivity contribution is 5.94. The molecular formula is C20H18F3N9O. The van der Waals surface area contributed by atoms with E-state index in [-0.39, 0.29) is 17.5 Å². The molecule has 4 heterocycles. The van der Waals surface area contributed by atoms with Gasteiger partial charge in [-0.3, -0.25) is 4.79 Å². The first-order valence-corrected chi connectivity index (χ1v) is 10.2. The van der Waals surface area contributed by atoms with Crippen LogP contribution in [0.15, 0.2) is 48.8 Å². The number of benzene rings is 1. The minimum atomic E-state index is -4.65. The number of nitrogens with zero attached hydrogens (tertiary/aromatic N) is 8. The van der Waals surface area contributed by atoms with Gasteiger partial charge in [-0.1, -0.05) is 17.3 Å². The summed E-state index contributed by atoms with van der Waals surface area (Å²) >= 11 is 0. The summed E-state index contributed by atoms with van der Waals surface area (Å²) in [7, 11) is 0. The lowest BCUT2D eigenvalue weighted by molar-refractivity contribution is -0.146. The van der Waals surface area contributed by atoms with E-state index in [1.165, 1.54) is 6.07 Å². The third kappa shape index (κ3) is 4.08. The number of halogens is 3. The van der Waals surface area contributed by atoms with E-state index in [2.05, 4.69) is 30.9 Å². The van der Waals surface area contributed by atoms with Crippen molar-refractivity contribution in [3.05, 3.63) is 54.6 Å². The fraction of sp³-hybridized carbons (Fsp3) is 0.300. The Kier molecular flexibility index (Phi) is 5.15. The zero-order valence-electron chi connectivity index (χ0n) is 17.1. The molecule has 0 atom stereocenters. The van der Waals surface area contributed by atoms with Crippen LogP contribution in [-0.4, -0.2) is 53.8 Å². The Bertz CT molecular complexity index is 1280. The van der Waals surface area contributed by atoms with E-state index >= 15 is 0 Å². The van der Waals surface area contributed by atoms with Crippen LogP contribution < -0.4 is 10.2 Å². The van der Waals surface area contributed by atoms with Gasteiger partial charge in [0, 0.05) is 19.0 Å². The first kappa shape index (κ1) is 20.8. The molecule has 1 aliphatic heterocycles. The molecule has 10 nitrogen and oxygen atoms in total. The van der Waals surface area contributed by atoms with E-state index in [0.29, 0.717) is 47.6 Å². The lowest BCUT2D eigenvalue weighted by Gasteiger charge is -2.32. The van der Waals surface area contributed by atoms with Gasteiger partial charge in [0.1, 0.15) is 5.82 Å². The van der Waals surface area contributed by atoms with Crippen molar-refractivity contribution >= 4 is 23.1 Å². The minimum Gasteiger partial charge on any atom is -0.355 e. The van der Waals surface area contributed by atoms with E-state index in [9.17, 15) is 18.0 Å². The van der Waals surface area contributed by atoms with Crippen LogP contribution in [0.3, 0.4) is 0 Å². The van der Waals surface area contributed by atoms with Crippen molar-refractivity contribution in [2.24, 2.45) is 5.92 Å². The van der Waals surface area contributed by atoms with Crippen molar-refractivity contribution in [1.82, 2.24) is 34.8 Å². The predicted molar refractivity (Wildman–Crippen MR) is 111 cm³/mol. The average molecular weight is 457 g/mol. The molecule has 0 saturated carbocycles. The summed E-state index contributed by atoms with van der Waals surface area (Å²) < 4.78 is 41.7. The number of rotatable bonds is 4. The number of carbonyl (C=O) groups is 1. The second-order valence-corrected chi connectivity index (χ2v) is 7.60. The monoisotopic (exact) mass is 457 g/mol. The summed E-state index contributed by atoms with van der Waals surface area (Å²) in [6, 6.07) is 10.3. The van der Waals surface area contributed by atoms with Crippen LogP contribution in [0.2, 0.25) is 0 Å². The number of carbonyl (C=O) groups excluding carboxylic acids is 1. The lowest BCUT2D eigenvalue weighted by atomic mass is 9.95. The quantitative estimate of drug-likeness (QED) is 0.502.